The summed E-state index contributed by atoms with van der Waals surface area (Å²) in [5.41, 5.74) is 0.523. The van der Waals surface area contributed by atoms with E-state index in [0.29, 0.717) is 18.1 Å². The molecule has 0 aromatic rings. The highest BCUT2D eigenvalue weighted by Crippen LogP contribution is 2.62. The summed E-state index contributed by atoms with van der Waals surface area (Å²) in [4.78, 5) is 0. The number of aliphatic hydroxyl groups is 1. The van der Waals surface area contributed by atoms with Gasteiger partial charge in [0.05, 0.1) is 6.61 Å². The topological polar surface area (TPSA) is 32.3 Å². The van der Waals surface area contributed by atoms with Crippen molar-refractivity contribution < 1.29 is 5.11 Å². The quantitative estimate of drug-likeness (QED) is 0.684. The minimum absolute atomic E-state index is 0.354. The van der Waals surface area contributed by atoms with Crippen LogP contribution in [-0.4, -0.2) is 24.3 Å². The summed E-state index contributed by atoms with van der Waals surface area (Å²) in [7, 11) is 0. The Balaban J connectivity index is 1.87. The molecule has 0 amide bonds. The van der Waals surface area contributed by atoms with Crippen molar-refractivity contribution in [2.24, 2.45) is 17.3 Å². The predicted molar refractivity (Wildman–Crippen MR) is 51.4 cm³/mol. The molecular weight excluding hydrogens is 162 g/mol. The molecule has 1 saturated heterocycles. The molecule has 1 unspecified atom stereocenters. The molecule has 1 aliphatic heterocycles. The van der Waals surface area contributed by atoms with E-state index in [4.69, 9.17) is 0 Å². The number of aliphatic hydroxyl groups excluding tert-OH is 1. The van der Waals surface area contributed by atoms with Gasteiger partial charge in [0.2, 0.25) is 0 Å². The molecular formula is C11H19NO. The van der Waals surface area contributed by atoms with Gasteiger partial charge in [0.1, 0.15) is 0 Å². The maximum absolute atomic E-state index is 9.39. The van der Waals surface area contributed by atoms with Crippen molar-refractivity contribution in [3.63, 3.8) is 0 Å². The first-order chi connectivity index (χ1) is 6.38. The zero-order valence-corrected chi connectivity index (χ0v) is 8.13. The van der Waals surface area contributed by atoms with Crippen LogP contribution in [0.1, 0.15) is 32.1 Å². The van der Waals surface area contributed by atoms with Gasteiger partial charge in [0, 0.05) is 6.04 Å². The molecule has 2 N–H and O–H groups in total. The van der Waals surface area contributed by atoms with Gasteiger partial charge >= 0.3 is 0 Å². The van der Waals surface area contributed by atoms with Crippen molar-refractivity contribution in [3.8, 4) is 0 Å². The maximum Gasteiger partial charge on any atom is 0.0590 e. The fourth-order valence-corrected chi connectivity index (χ4v) is 3.61. The van der Waals surface area contributed by atoms with E-state index in [1.54, 1.807) is 0 Å². The van der Waals surface area contributed by atoms with Gasteiger partial charge in [0.15, 0.2) is 0 Å². The van der Waals surface area contributed by atoms with Crippen LogP contribution in [0.5, 0.6) is 0 Å². The lowest BCUT2D eigenvalue weighted by molar-refractivity contribution is 0.111. The van der Waals surface area contributed by atoms with Crippen LogP contribution in [0.3, 0.4) is 0 Å². The van der Waals surface area contributed by atoms with E-state index in [2.05, 4.69) is 5.32 Å². The Bertz CT molecular complexity index is 196. The molecule has 74 valence electrons. The number of rotatable bonds is 3. The fraction of sp³-hybridized carbons (Fsp3) is 1.00. The number of nitrogens with one attached hydrogen (secondary N) is 1. The minimum Gasteiger partial charge on any atom is -0.395 e. The zero-order valence-electron chi connectivity index (χ0n) is 8.13. The Hall–Kier alpha value is -0.0800. The Labute approximate surface area is 79.7 Å². The van der Waals surface area contributed by atoms with Crippen molar-refractivity contribution in [2.75, 3.05) is 13.2 Å². The lowest BCUT2D eigenvalue weighted by Crippen LogP contribution is -2.42. The molecule has 3 rings (SSSR count). The van der Waals surface area contributed by atoms with Crippen LogP contribution in [0, 0.1) is 17.3 Å². The molecule has 1 atom stereocenters. The molecule has 0 spiro atoms. The third-order valence-corrected chi connectivity index (χ3v) is 4.45. The number of hydrogen-bond acceptors (Lipinski definition) is 2. The summed E-state index contributed by atoms with van der Waals surface area (Å²) < 4.78 is 0. The first-order valence-electron chi connectivity index (χ1n) is 5.72. The van der Waals surface area contributed by atoms with Crippen molar-refractivity contribution in [1.29, 1.82) is 0 Å². The Morgan fingerprint density at radius 1 is 1.15 bits per heavy atom. The average Bonchev–Trinajstić information content (AvgIpc) is 3.02. The van der Waals surface area contributed by atoms with Crippen LogP contribution >= 0.6 is 0 Å². The lowest BCUT2D eigenvalue weighted by atomic mass is 9.72. The van der Waals surface area contributed by atoms with Crippen molar-refractivity contribution >= 4 is 0 Å². The molecule has 3 fully saturated rings. The van der Waals surface area contributed by atoms with E-state index in [9.17, 15) is 5.11 Å². The Kier molecular flexibility index (Phi) is 1.72. The second-order valence-corrected chi connectivity index (χ2v) is 5.10. The maximum atomic E-state index is 9.39. The molecule has 2 saturated carbocycles. The monoisotopic (exact) mass is 181 g/mol. The van der Waals surface area contributed by atoms with E-state index in [1.807, 2.05) is 0 Å². The molecule has 2 heteroatoms. The molecule has 3 aliphatic rings. The van der Waals surface area contributed by atoms with E-state index in [1.165, 1.54) is 32.1 Å². The third kappa shape index (κ3) is 1.08. The Morgan fingerprint density at radius 3 is 2.23 bits per heavy atom. The van der Waals surface area contributed by atoms with Crippen LogP contribution < -0.4 is 5.32 Å². The highest BCUT2D eigenvalue weighted by atomic mass is 16.3. The predicted octanol–water partition coefficient (Wildman–Crippen LogP) is 1.15. The van der Waals surface area contributed by atoms with Crippen LogP contribution in [0.4, 0.5) is 0 Å². The van der Waals surface area contributed by atoms with Gasteiger partial charge in [-0.3, -0.25) is 0 Å². The smallest absolute Gasteiger partial charge is 0.0590 e. The second-order valence-electron chi connectivity index (χ2n) is 5.10. The lowest BCUT2D eigenvalue weighted by Gasteiger charge is -2.35. The van der Waals surface area contributed by atoms with Crippen LogP contribution in [-0.2, 0) is 0 Å². The van der Waals surface area contributed by atoms with E-state index in [-0.39, 0.29) is 0 Å². The highest BCUT2D eigenvalue weighted by molar-refractivity contribution is 5.11. The van der Waals surface area contributed by atoms with Gasteiger partial charge in [-0.1, -0.05) is 0 Å². The fourth-order valence-electron chi connectivity index (χ4n) is 3.61. The molecule has 13 heavy (non-hydrogen) atoms. The molecule has 1 heterocycles. The zero-order chi connectivity index (χ0) is 8.89. The van der Waals surface area contributed by atoms with Crippen molar-refractivity contribution in [1.82, 2.24) is 5.32 Å². The molecule has 0 bridgehead atoms. The summed E-state index contributed by atoms with van der Waals surface area (Å²) in [6.07, 6.45) is 7.03. The first-order valence-corrected chi connectivity index (χ1v) is 5.72. The Morgan fingerprint density at radius 2 is 1.77 bits per heavy atom. The van der Waals surface area contributed by atoms with Crippen molar-refractivity contribution in [2.45, 2.75) is 38.1 Å². The SMILES string of the molecule is OCC1NCCC1(C1CC1)C1CC1. The standard InChI is InChI=1S/C11H19NO/c13-7-10-11(5-6-12-10,8-1-2-8)9-3-4-9/h8-10,12-13H,1-7H2. The summed E-state index contributed by atoms with van der Waals surface area (Å²) in [5.74, 6) is 1.90. The second kappa shape index (κ2) is 2.71. The normalized spacial score (nSPS) is 38.1. The molecule has 0 aromatic heterocycles. The summed E-state index contributed by atoms with van der Waals surface area (Å²) in [6.45, 7) is 1.49. The third-order valence-electron chi connectivity index (χ3n) is 4.45. The van der Waals surface area contributed by atoms with Gasteiger partial charge in [0.25, 0.3) is 0 Å². The van der Waals surface area contributed by atoms with Crippen LogP contribution in [0.15, 0.2) is 0 Å². The molecule has 0 radical (unpaired) electrons. The molecule has 0 aromatic carbocycles. The summed E-state index contributed by atoms with van der Waals surface area (Å²) in [6, 6.07) is 0.424. The largest absolute Gasteiger partial charge is 0.395 e. The number of hydrogen-bond donors (Lipinski definition) is 2. The van der Waals surface area contributed by atoms with Gasteiger partial charge < -0.3 is 10.4 Å². The van der Waals surface area contributed by atoms with E-state index < -0.39 is 0 Å². The highest BCUT2D eigenvalue weighted by Gasteiger charge is 2.59. The molecule has 2 nitrogen and oxygen atoms in total. The average molecular weight is 181 g/mol. The van der Waals surface area contributed by atoms with E-state index in [0.717, 1.165) is 18.4 Å². The first kappa shape index (κ1) is 8.25. The summed E-state index contributed by atoms with van der Waals surface area (Å²) >= 11 is 0. The van der Waals surface area contributed by atoms with Crippen molar-refractivity contribution in [3.05, 3.63) is 0 Å². The molecule has 2 aliphatic carbocycles. The van der Waals surface area contributed by atoms with E-state index >= 15 is 0 Å². The minimum atomic E-state index is 0.354. The van der Waals surface area contributed by atoms with Gasteiger partial charge in [-0.25, -0.2) is 0 Å². The van der Waals surface area contributed by atoms with Crippen LogP contribution in [0.25, 0.3) is 0 Å². The van der Waals surface area contributed by atoms with Gasteiger partial charge in [-0.2, -0.15) is 0 Å². The van der Waals surface area contributed by atoms with Crippen LogP contribution in [0.2, 0.25) is 0 Å². The summed E-state index contributed by atoms with van der Waals surface area (Å²) in [5, 5.41) is 12.9. The van der Waals surface area contributed by atoms with Gasteiger partial charge in [-0.15, -0.1) is 0 Å². The van der Waals surface area contributed by atoms with Gasteiger partial charge in [-0.05, 0) is 55.9 Å².